The fraction of sp³-hybridized carbons (Fsp3) is 0.308. The highest BCUT2D eigenvalue weighted by molar-refractivity contribution is 6.00. The predicted molar refractivity (Wildman–Crippen MR) is 71.7 cm³/mol. The number of carbonyl (C=O) groups is 1. The quantitative estimate of drug-likeness (QED) is 0.773. The number of aromatic nitrogens is 1. The lowest BCUT2D eigenvalue weighted by molar-refractivity contribution is 0.192. The predicted octanol–water partition coefficient (Wildman–Crippen LogP) is 2.01. The summed E-state index contributed by atoms with van der Waals surface area (Å²) < 4.78 is 0. The minimum atomic E-state index is -0.198. The molecule has 96 valence electrons. The van der Waals surface area contributed by atoms with Crippen LogP contribution in [0.25, 0.3) is 10.9 Å². The number of amides is 2. The molecule has 5 nitrogen and oxygen atoms in total. The Balaban J connectivity index is 2.16. The molecule has 5 heteroatoms. The van der Waals surface area contributed by atoms with Crippen molar-refractivity contribution in [3.63, 3.8) is 0 Å². The summed E-state index contributed by atoms with van der Waals surface area (Å²) in [5.74, 6) is 0. The van der Waals surface area contributed by atoms with E-state index in [4.69, 9.17) is 5.11 Å². The maximum atomic E-state index is 12.0. The van der Waals surface area contributed by atoms with Crippen molar-refractivity contribution in [2.24, 2.45) is 0 Å². The van der Waals surface area contributed by atoms with Crippen molar-refractivity contribution in [3.05, 3.63) is 30.5 Å². The first-order valence-corrected chi connectivity index (χ1v) is 5.99. The number of urea groups is 1. The molecule has 2 aromatic rings. The van der Waals surface area contributed by atoms with Gasteiger partial charge in [-0.3, -0.25) is 0 Å². The van der Waals surface area contributed by atoms with Crippen molar-refractivity contribution in [3.8, 4) is 0 Å². The number of nitrogens with one attached hydrogen (secondary N) is 2. The van der Waals surface area contributed by atoms with E-state index in [2.05, 4.69) is 10.3 Å². The van der Waals surface area contributed by atoms with Crippen molar-refractivity contribution >= 4 is 22.6 Å². The molecule has 0 atom stereocenters. The summed E-state index contributed by atoms with van der Waals surface area (Å²) >= 11 is 0. The molecule has 0 aliphatic heterocycles. The molecule has 0 radical (unpaired) electrons. The Labute approximate surface area is 105 Å². The van der Waals surface area contributed by atoms with Gasteiger partial charge in [-0.25, -0.2) is 4.79 Å². The second-order valence-electron chi connectivity index (χ2n) is 3.98. The number of fused-ring (bicyclic) bond motifs is 1. The van der Waals surface area contributed by atoms with Crippen molar-refractivity contribution in [2.75, 3.05) is 25.0 Å². The van der Waals surface area contributed by atoms with Gasteiger partial charge < -0.3 is 20.3 Å². The summed E-state index contributed by atoms with van der Waals surface area (Å²) in [7, 11) is 0. The van der Waals surface area contributed by atoms with Gasteiger partial charge >= 0.3 is 6.03 Å². The number of hydrogen-bond donors (Lipinski definition) is 3. The Bertz CT molecular complexity index is 536. The van der Waals surface area contributed by atoms with Gasteiger partial charge in [0.15, 0.2) is 0 Å². The molecule has 2 amide bonds. The van der Waals surface area contributed by atoms with E-state index in [1.165, 1.54) is 0 Å². The lowest BCUT2D eigenvalue weighted by atomic mass is 10.2. The van der Waals surface area contributed by atoms with Crippen LogP contribution < -0.4 is 5.32 Å². The molecule has 0 spiro atoms. The minimum absolute atomic E-state index is 0.0326. The third-order valence-corrected chi connectivity index (χ3v) is 2.87. The highest BCUT2D eigenvalue weighted by atomic mass is 16.3. The summed E-state index contributed by atoms with van der Waals surface area (Å²) in [6.45, 7) is 2.75. The van der Waals surface area contributed by atoms with Crippen molar-refractivity contribution in [1.82, 2.24) is 9.88 Å². The second kappa shape index (κ2) is 5.55. The number of benzene rings is 1. The first kappa shape index (κ1) is 12.4. The Morgan fingerprint density at radius 3 is 2.94 bits per heavy atom. The minimum Gasteiger partial charge on any atom is -0.395 e. The number of aliphatic hydroxyl groups is 1. The number of hydrogen-bond acceptors (Lipinski definition) is 2. The molecule has 18 heavy (non-hydrogen) atoms. The zero-order valence-electron chi connectivity index (χ0n) is 10.3. The van der Waals surface area contributed by atoms with Gasteiger partial charge in [-0.15, -0.1) is 0 Å². The fourth-order valence-corrected chi connectivity index (χ4v) is 1.89. The average molecular weight is 247 g/mol. The number of para-hydroxylation sites is 1. The maximum Gasteiger partial charge on any atom is 0.321 e. The number of nitrogens with zero attached hydrogens (tertiary/aromatic N) is 1. The number of H-pyrrole nitrogens is 1. The van der Waals surface area contributed by atoms with Crippen molar-refractivity contribution in [1.29, 1.82) is 0 Å². The molecule has 0 saturated carbocycles. The second-order valence-corrected chi connectivity index (χ2v) is 3.98. The molecule has 0 unspecified atom stereocenters. The standard InChI is InChI=1S/C13H17N3O2/c1-2-16(7-8-17)13(18)15-12-9-14-11-6-4-3-5-10(11)12/h3-6,9,14,17H,2,7-8H2,1H3,(H,15,18). The van der Waals surface area contributed by atoms with E-state index in [0.717, 1.165) is 16.6 Å². The summed E-state index contributed by atoms with van der Waals surface area (Å²) in [5, 5.41) is 12.7. The van der Waals surface area contributed by atoms with Gasteiger partial charge in [0.05, 0.1) is 12.3 Å². The van der Waals surface area contributed by atoms with Crippen LogP contribution in [-0.2, 0) is 0 Å². The van der Waals surface area contributed by atoms with E-state index >= 15 is 0 Å². The molecule has 1 heterocycles. The normalized spacial score (nSPS) is 10.6. The van der Waals surface area contributed by atoms with Crippen LogP contribution in [0.2, 0.25) is 0 Å². The van der Waals surface area contributed by atoms with Crippen LogP contribution in [0.5, 0.6) is 0 Å². The Hall–Kier alpha value is -2.01. The molecule has 0 aliphatic rings. The number of aliphatic hydroxyl groups excluding tert-OH is 1. The number of rotatable bonds is 4. The Morgan fingerprint density at radius 1 is 1.44 bits per heavy atom. The van der Waals surface area contributed by atoms with Crippen molar-refractivity contribution < 1.29 is 9.90 Å². The summed E-state index contributed by atoms with van der Waals surface area (Å²) in [6.07, 6.45) is 1.77. The first-order valence-electron chi connectivity index (χ1n) is 5.99. The fourth-order valence-electron chi connectivity index (χ4n) is 1.89. The molecular formula is C13H17N3O2. The highest BCUT2D eigenvalue weighted by Gasteiger charge is 2.12. The molecule has 0 bridgehead atoms. The molecule has 0 fully saturated rings. The van der Waals surface area contributed by atoms with Crippen LogP contribution in [0.1, 0.15) is 6.92 Å². The van der Waals surface area contributed by atoms with Gasteiger partial charge in [0.25, 0.3) is 0 Å². The maximum absolute atomic E-state index is 12.0. The Kier molecular flexibility index (Phi) is 3.84. The first-order chi connectivity index (χ1) is 8.76. The van der Waals surface area contributed by atoms with Gasteiger partial charge in [-0.1, -0.05) is 18.2 Å². The number of aromatic amines is 1. The molecule has 1 aromatic carbocycles. The number of carbonyl (C=O) groups excluding carboxylic acids is 1. The number of likely N-dealkylation sites (N-methyl/N-ethyl adjacent to an activating group) is 1. The molecule has 0 saturated heterocycles. The van der Waals surface area contributed by atoms with Gasteiger partial charge in [-0.05, 0) is 13.0 Å². The van der Waals surface area contributed by atoms with Crippen LogP contribution in [0.4, 0.5) is 10.5 Å². The molecule has 2 rings (SSSR count). The van der Waals surface area contributed by atoms with Gasteiger partial charge in [0.2, 0.25) is 0 Å². The van der Waals surface area contributed by atoms with Crippen LogP contribution >= 0.6 is 0 Å². The zero-order valence-corrected chi connectivity index (χ0v) is 10.3. The monoisotopic (exact) mass is 247 g/mol. The number of anilines is 1. The zero-order chi connectivity index (χ0) is 13.0. The van der Waals surface area contributed by atoms with Crippen LogP contribution in [0, 0.1) is 0 Å². The van der Waals surface area contributed by atoms with E-state index in [9.17, 15) is 4.79 Å². The van der Waals surface area contributed by atoms with Crippen LogP contribution in [0.15, 0.2) is 30.5 Å². The SMILES string of the molecule is CCN(CCO)C(=O)Nc1c[nH]c2ccccc12. The van der Waals surface area contributed by atoms with E-state index in [-0.39, 0.29) is 12.6 Å². The van der Waals surface area contributed by atoms with E-state index in [1.807, 2.05) is 31.2 Å². The highest BCUT2D eigenvalue weighted by Crippen LogP contribution is 2.22. The third-order valence-electron chi connectivity index (χ3n) is 2.87. The van der Waals surface area contributed by atoms with Crippen LogP contribution in [-0.4, -0.2) is 40.7 Å². The third kappa shape index (κ3) is 2.46. The molecule has 1 aromatic heterocycles. The Morgan fingerprint density at radius 2 is 2.22 bits per heavy atom. The summed E-state index contributed by atoms with van der Waals surface area (Å²) in [4.78, 5) is 16.6. The van der Waals surface area contributed by atoms with Gasteiger partial charge in [-0.2, -0.15) is 0 Å². The van der Waals surface area contributed by atoms with Gasteiger partial charge in [0.1, 0.15) is 0 Å². The van der Waals surface area contributed by atoms with E-state index in [1.54, 1.807) is 11.1 Å². The molecular weight excluding hydrogens is 230 g/mol. The topological polar surface area (TPSA) is 68.4 Å². The lowest BCUT2D eigenvalue weighted by Gasteiger charge is -2.19. The molecule has 0 aliphatic carbocycles. The summed E-state index contributed by atoms with van der Waals surface area (Å²) in [6, 6.07) is 7.57. The van der Waals surface area contributed by atoms with E-state index in [0.29, 0.717) is 13.1 Å². The smallest absolute Gasteiger partial charge is 0.321 e. The molecule has 3 N–H and O–H groups in total. The van der Waals surface area contributed by atoms with Gasteiger partial charge in [0, 0.05) is 30.2 Å². The lowest BCUT2D eigenvalue weighted by Crippen LogP contribution is -2.36. The van der Waals surface area contributed by atoms with Crippen molar-refractivity contribution in [2.45, 2.75) is 6.92 Å². The largest absolute Gasteiger partial charge is 0.395 e. The van der Waals surface area contributed by atoms with Crippen LogP contribution in [0.3, 0.4) is 0 Å². The summed E-state index contributed by atoms with van der Waals surface area (Å²) in [5.41, 5.74) is 1.74. The average Bonchev–Trinajstić information content (AvgIpc) is 2.79. The van der Waals surface area contributed by atoms with E-state index < -0.39 is 0 Å².